The van der Waals surface area contributed by atoms with Crippen molar-refractivity contribution in [3.63, 3.8) is 0 Å². The number of carbonyl (C=O) groups is 4. The van der Waals surface area contributed by atoms with Crippen molar-refractivity contribution in [3.8, 4) is 0 Å². The molecular formula is C19H36N4O5S3. The van der Waals surface area contributed by atoms with Crippen molar-refractivity contribution in [1.29, 1.82) is 0 Å². The molecule has 0 rings (SSSR count). The van der Waals surface area contributed by atoms with Gasteiger partial charge < -0.3 is 26.8 Å². The Balaban J connectivity index is 5.36. The lowest BCUT2D eigenvalue weighted by atomic mass is 10.0. The van der Waals surface area contributed by atoms with Gasteiger partial charge in [-0.05, 0) is 49.2 Å². The number of aliphatic carboxylic acids is 1. The van der Waals surface area contributed by atoms with E-state index < -0.39 is 47.9 Å². The molecule has 0 aromatic carbocycles. The van der Waals surface area contributed by atoms with Gasteiger partial charge in [-0.2, -0.15) is 36.2 Å². The normalized spacial score (nSPS) is 14.9. The second-order valence-electron chi connectivity index (χ2n) is 7.50. The molecule has 0 saturated heterocycles. The molecule has 0 aliphatic heterocycles. The number of hydrogen-bond acceptors (Lipinski definition) is 8. The fraction of sp³-hybridized carbons (Fsp3) is 0.789. The van der Waals surface area contributed by atoms with Gasteiger partial charge in [-0.15, -0.1) is 0 Å². The molecule has 180 valence electrons. The van der Waals surface area contributed by atoms with Crippen LogP contribution < -0.4 is 21.7 Å². The number of thiol groups is 1. The number of carboxylic acid groups (broad SMARTS) is 1. The first-order chi connectivity index (χ1) is 14.6. The topological polar surface area (TPSA) is 151 Å². The molecule has 0 aromatic heterocycles. The summed E-state index contributed by atoms with van der Waals surface area (Å²) >= 11 is 6.99. The van der Waals surface area contributed by atoms with Crippen LogP contribution in [0.3, 0.4) is 0 Å². The molecule has 0 bridgehead atoms. The predicted molar refractivity (Wildman–Crippen MR) is 131 cm³/mol. The van der Waals surface area contributed by atoms with E-state index in [9.17, 15) is 24.3 Å². The minimum Gasteiger partial charge on any atom is -0.480 e. The number of hydrogen-bond donors (Lipinski definition) is 6. The zero-order chi connectivity index (χ0) is 24.0. The van der Waals surface area contributed by atoms with Crippen LogP contribution in [-0.4, -0.2) is 82.7 Å². The van der Waals surface area contributed by atoms with Crippen LogP contribution >= 0.6 is 36.2 Å². The summed E-state index contributed by atoms with van der Waals surface area (Å²) in [6.07, 6.45) is 4.69. The standard InChI is InChI=1S/C19H36N4O5S3/c1-11(2)9-15(23-16(24)12(20)10-29)18(26)21-13(5-7-30-3)17(25)22-14(19(27)28)6-8-31-4/h11-15,29H,5-10,20H2,1-4H3,(H,21,26)(H,22,25)(H,23,24)(H,27,28). The fourth-order valence-electron chi connectivity index (χ4n) is 2.61. The van der Waals surface area contributed by atoms with Crippen molar-refractivity contribution < 1.29 is 24.3 Å². The average molecular weight is 497 g/mol. The maximum Gasteiger partial charge on any atom is 0.326 e. The number of amides is 3. The quantitative estimate of drug-likeness (QED) is 0.167. The first-order valence-electron chi connectivity index (χ1n) is 10.1. The molecule has 4 unspecified atom stereocenters. The molecular weight excluding hydrogens is 460 g/mol. The molecule has 31 heavy (non-hydrogen) atoms. The van der Waals surface area contributed by atoms with Gasteiger partial charge in [-0.3, -0.25) is 14.4 Å². The van der Waals surface area contributed by atoms with Gasteiger partial charge in [-0.25, -0.2) is 4.79 Å². The van der Waals surface area contributed by atoms with Gasteiger partial charge in [0.05, 0.1) is 6.04 Å². The lowest BCUT2D eigenvalue weighted by Gasteiger charge is -2.26. The van der Waals surface area contributed by atoms with E-state index in [1.54, 1.807) is 0 Å². The van der Waals surface area contributed by atoms with Crippen molar-refractivity contribution in [2.75, 3.05) is 29.8 Å². The highest BCUT2D eigenvalue weighted by Gasteiger charge is 2.30. The molecule has 12 heteroatoms. The second kappa shape index (κ2) is 16.5. The van der Waals surface area contributed by atoms with E-state index in [-0.39, 0.29) is 18.1 Å². The van der Waals surface area contributed by atoms with Gasteiger partial charge in [0.25, 0.3) is 0 Å². The van der Waals surface area contributed by atoms with E-state index in [4.69, 9.17) is 5.73 Å². The van der Waals surface area contributed by atoms with Gasteiger partial charge in [0, 0.05) is 5.75 Å². The highest BCUT2D eigenvalue weighted by atomic mass is 32.2. The molecule has 0 aliphatic carbocycles. The maximum absolute atomic E-state index is 12.9. The van der Waals surface area contributed by atoms with E-state index in [1.165, 1.54) is 23.5 Å². The smallest absolute Gasteiger partial charge is 0.326 e. The lowest BCUT2D eigenvalue weighted by Crippen LogP contribution is -2.57. The minimum atomic E-state index is -1.12. The largest absolute Gasteiger partial charge is 0.480 e. The third kappa shape index (κ3) is 12.5. The predicted octanol–water partition coefficient (Wildman–Crippen LogP) is 0.335. The van der Waals surface area contributed by atoms with Crippen molar-refractivity contribution >= 4 is 59.8 Å². The van der Waals surface area contributed by atoms with Gasteiger partial charge >= 0.3 is 5.97 Å². The summed E-state index contributed by atoms with van der Waals surface area (Å²) in [6, 6.07) is -3.67. The van der Waals surface area contributed by atoms with Crippen LogP contribution in [-0.2, 0) is 19.2 Å². The van der Waals surface area contributed by atoms with Gasteiger partial charge in [0.2, 0.25) is 17.7 Å². The van der Waals surface area contributed by atoms with Crippen molar-refractivity contribution in [3.05, 3.63) is 0 Å². The number of nitrogens with two attached hydrogens (primary N) is 1. The molecule has 6 N–H and O–H groups in total. The molecule has 0 saturated carbocycles. The van der Waals surface area contributed by atoms with Gasteiger partial charge in [-0.1, -0.05) is 13.8 Å². The summed E-state index contributed by atoms with van der Waals surface area (Å²) in [7, 11) is 0. The summed E-state index contributed by atoms with van der Waals surface area (Å²) in [5.41, 5.74) is 5.69. The molecule has 4 atom stereocenters. The van der Waals surface area contributed by atoms with Gasteiger partial charge in [0.15, 0.2) is 0 Å². The monoisotopic (exact) mass is 496 g/mol. The average Bonchev–Trinajstić information content (AvgIpc) is 2.71. The molecule has 0 fully saturated rings. The molecule has 9 nitrogen and oxygen atoms in total. The Morgan fingerprint density at radius 3 is 1.77 bits per heavy atom. The molecule has 0 aliphatic rings. The first-order valence-corrected chi connectivity index (χ1v) is 13.5. The van der Waals surface area contributed by atoms with Crippen LogP contribution in [0.1, 0.15) is 33.1 Å². The Kier molecular flexibility index (Phi) is 15.9. The van der Waals surface area contributed by atoms with Crippen LogP contribution in [0.4, 0.5) is 0 Å². The highest BCUT2D eigenvalue weighted by molar-refractivity contribution is 7.98. The van der Waals surface area contributed by atoms with Crippen molar-refractivity contribution in [2.45, 2.75) is 57.3 Å². The second-order valence-corrected chi connectivity index (χ2v) is 9.84. The Bertz CT molecular complexity index is 595. The molecule has 0 radical (unpaired) electrons. The van der Waals surface area contributed by atoms with Crippen LogP contribution in [0.5, 0.6) is 0 Å². The molecule has 0 heterocycles. The fourth-order valence-corrected chi connectivity index (χ4v) is 3.72. The van der Waals surface area contributed by atoms with Crippen LogP contribution in [0.15, 0.2) is 0 Å². The summed E-state index contributed by atoms with van der Waals surface area (Å²) in [4.78, 5) is 49.3. The Hall–Kier alpha value is -1.11. The lowest BCUT2D eigenvalue weighted by molar-refractivity contribution is -0.142. The Morgan fingerprint density at radius 2 is 1.32 bits per heavy atom. The van der Waals surface area contributed by atoms with E-state index in [1.807, 2.05) is 26.4 Å². The molecule has 0 spiro atoms. The minimum absolute atomic E-state index is 0.102. The zero-order valence-electron chi connectivity index (χ0n) is 18.6. The van der Waals surface area contributed by atoms with Gasteiger partial charge in [0.1, 0.15) is 18.1 Å². The highest BCUT2D eigenvalue weighted by Crippen LogP contribution is 2.09. The number of carbonyl (C=O) groups excluding carboxylic acids is 3. The Morgan fingerprint density at radius 1 is 0.871 bits per heavy atom. The number of thioether (sulfide) groups is 2. The van der Waals surface area contributed by atoms with Crippen LogP contribution in [0.2, 0.25) is 0 Å². The Labute approximate surface area is 198 Å². The van der Waals surface area contributed by atoms with Crippen molar-refractivity contribution in [2.24, 2.45) is 11.7 Å². The number of nitrogens with one attached hydrogen (secondary N) is 3. The summed E-state index contributed by atoms with van der Waals surface area (Å²) < 4.78 is 0. The maximum atomic E-state index is 12.9. The van der Waals surface area contributed by atoms with E-state index in [0.717, 1.165) is 0 Å². The SMILES string of the molecule is CSCCC(NC(=O)C(CCSC)NC(=O)C(CC(C)C)NC(=O)C(N)CS)C(=O)O. The van der Waals surface area contributed by atoms with Crippen LogP contribution in [0, 0.1) is 5.92 Å². The van der Waals surface area contributed by atoms with E-state index >= 15 is 0 Å². The number of carboxylic acids is 1. The summed E-state index contributed by atoms with van der Waals surface area (Å²) in [5, 5.41) is 17.2. The van der Waals surface area contributed by atoms with Crippen LogP contribution in [0.25, 0.3) is 0 Å². The zero-order valence-corrected chi connectivity index (χ0v) is 21.1. The summed E-state index contributed by atoms with van der Waals surface area (Å²) in [5.74, 6) is -1.28. The molecule has 0 aromatic rings. The number of rotatable bonds is 16. The van der Waals surface area contributed by atoms with Crippen molar-refractivity contribution in [1.82, 2.24) is 16.0 Å². The van der Waals surface area contributed by atoms with E-state index in [2.05, 4.69) is 28.6 Å². The third-order valence-corrected chi connectivity index (χ3v) is 6.02. The summed E-state index contributed by atoms with van der Waals surface area (Å²) in [6.45, 7) is 3.82. The third-order valence-electron chi connectivity index (χ3n) is 4.34. The van der Waals surface area contributed by atoms with E-state index in [0.29, 0.717) is 24.3 Å². The first kappa shape index (κ1) is 29.9. The molecule has 3 amide bonds.